The smallest absolute Gasteiger partial charge is 0.335 e. The second-order valence-electron chi connectivity index (χ2n) is 4.69. The molecular formula is C16H16N2O3. The quantitative estimate of drug-likeness (QED) is 0.843. The summed E-state index contributed by atoms with van der Waals surface area (Å²) in [4.78, 5) is 24.5. The zero-order valence-corrected chi connectivity index (χ0v) is 11.6. The molecular weight excluding hydrogens is 268 g/mol. The van der Waals surface area contributed by atoms with Crippen LogP contribution in [0.3, 0.4) is 0 Å². The standard InChI is InChI=1S/C16H16N2O3/c1-18(15(19)9-11-5-3-2-4-6-11)14-8-7-12(16(20)21)10-13(14)17/h2-8,10H,9,17H2,1H3,(H,20,21). The Balaban J connectivity index is 2.18. The zero-order chi connectivity index (χ0) is 15.4. The van der Waals surface area contributed by atoms with Crippen molar-refractivity contribution in [3.05, 3.63) is 59.7 Å². The summed E-state index contributed by atoms with van der Waals surface area (Å²) in [6.07, 6.45) is 0.261. The fourth-order valence-corrected chi connectivity index (χ4v) is 2.02. The van der Waals surface area contributed by atoms with Crippen molar-refractivity contribution in [2.75, 3.05) is 17.7 Å². The lowest BCUT2D eigenvalue weighted by atomic mass is 10.1. The number of nitrogen functional groups attached to an aromatic ring is 1. The van der Waals surface area contributed by atoms with Gasteiger partial charge in [-0.25, -0.2) is 4.79 Å². The fourth-order valence-electron chi connectivity index (χ4n) is 2.02. The summed E-state index contributed by atoms with van der Waals surface area (Å²) in [5.41, 5.74) is 7.61. The topological polar surface area (TPSA) is 83.6 Å². The predicted octanol–water partition coefficient (Wildman–Crippen LogP) is 2.17. The van der Waals surface area contributed by atoms with Crippen molar-refractivity contribution in [3.63, 3.8) is 0 Å². The van der Waals surface area contributed by atoms with Crippen LogP contribution in [0.15, 0.2) is 48.5 Å². The molecule has 0 saturated heterocycles. The average molecular weight is 284 g/mol. The molecule has 1 amide bonds. The molecule has 0 saturated carbocycles. The van der Waals surface area contributed by atoms with Crippen molar-refractivity contribution in [2.24, 2.45) is 0 Å². The van der Waals surface area contributed by atoms with Gasteiger partial charge in [0.25, 0.3) is 0 Å². The van der Waals surface area contributed by atoms with Crippen LogP contribution in [0.2, 0.25) is 0 Å². The van der Waals surface area contributed by atoms with E-state index in [1.807, 2.05) is 30.3 Å². The van der Waals surface area contributed by atoms with Gasteiger partial charge in [-0.2, -0.15) is 0 Å². The van der Waals surface area contributed by atoms with E-state index in [1.54, 1.807) is 13.1 Å². The van der Waals surface area contributed by atoms with Crippen molar-refractivity contribution in [2.45, 2.75) is 6.42 Å². The van der Waals surface area contributed by atoms with Gasteiger partial charge in [0.15, 0.2) is 0 Å². The number of anilines is 2. The summed E-state index contributed by atoms with van der Waals surface area (Å²) in [5, 5.41) is 8.91. The lowest BCUT2D eigenvalue weighted by Gasteiger charge is -2.19. The molecule has 0 radical (unpaired) electrons. The molecule has 21 heavy (non-hydrogen) atoms. The lowest BCUT2D eigenvalue weighted by Crippen LogP contribution is -2.28. The third-order valence-corrected chi connectivity index (χ3v) is 3.21. The Bertz CT molecular complexity index is 668. The van der Waals surface area contributed by atoms with Crippen LogP contribution in [0.4, 0.5) is 11.4 Å². The van der Waals surface area contributed by atoms with Crippen LogP contribution in [0.5, 0.6) is 0 Å². The van der Waals surface area contributed by atoms with Crippen molar-refractivity contribution >= 4 is 23.3 Å². The van der Waals surface area contributed by atoms with Gasteiger partial charge >= 0.3 is 5.97 Å². The summed E-state index contributed by atoms with van der Waals surface area (Å²) in [7, 11) is 1.62. The minimum Gasteiger partial charge on any atom is -0.478 e. The molecule has 3 N–H and O–H groups in total. The van der Waals surface area contributed by atoms with Gasteiger partial charge in [0.2, 0.25) is 5.91 Å². The minimum atomic E-state index is -1.05. The Hall–Kier alpha value is -2.82. The van der Waals surface area contributed by atoms with Crippen molar-refractivity contribution in [3.8, 4) is 0 Å². The van der Waals surface area contributed by atoms with Gasteiger partial charge in [0, 0.05) is 7.05 Å². The number of aromatic carboxylic acids is 1. The van der Waals surface area contributed by atoms with Crippen LogP contribution in [0.1, 0.15) is 15.9 Å². The molecule has 0 heterocycles. The first-order chi connectivity index (χ1) is 9.99. The molecule has 0 atom stereocenters. The minimum absolute atomic E-state index is 0.0974. The number of carbonyl (C=O) groups is 2. The summed E-state index contributed by atoms with van der Waals surface area (Å²) >= 11 is 0. The second-order valence-corrected chi connectivity index (χ2v) is 4.69. The molecule has 5 heteroatoms. The number of amides is 1. The van der Waals surface area contributed by atoms with Gasteiger partial charge in [-0.3, -0.25) is 4.79 Å². The monoisotopic (exact) mass is 284 g/mol. The van der Waals surface area contributed by atoms with Gasteiger partial charge in [0.1, 0.15) is 0 Å². The highest BCUT2D eigenvalue weighted by Crippen LogP contribution is 2.24. The molecule has 2 rings (SSSR count). The van der Waals surface area contributed by atoms with E-state index in [9.17, 15) is 9.59 Å². The van der Waals surface area contributed by atoms with Crippen LogP contribution >= 0.6 is 0 Å². The molecule has 0 spiro atoms. The first-order valence-electron chi connectivity index (χ1n) is 6.42. The summed E-state index contributed by atoms with van der Waals surface area (Å²) < 4.78 is 0. The highest BCUT2D eigenvalue weighted by molar-refractivity contribution is 5.98. The van der Waals surface area contributed by atoms with E-state index in [0.29, 0.717) is 5.69 Å². The Kier molecular flexibility index (Phi) is 4.23. The van der Waals surface area contributed by atoms with Crippen molar-refractivity contribution in [1.82, 2.24) is 0 Å². The highest BCUT2D eigenvalue weighted by atomic mass is 16.4. The number of likely N-dealkylation sites (N-methyl/N-ethyl adjacent to an activating group) is 1. The number of hydrogen-bond donors (Lipinski definition) is 2. The first-order valence-corrected chi connectivity index (χ1v) is 6.42. The summed E-state index contributed by atoms with van der Waals surface area (Å²) in [6.45, 7) is 0. The van der Waals surface area contributed by atoms with Crippen LogP contribution in [0.25, 0.3) is 0 Å². The van der Waals surface area contributed by atoms with Gasteiger partial charge in [-0.05, 0) is 23.8 Å². The van der Waals surface area contributed by atoms with E-state index in [4.69, 9.17) is 10.8 Å². The van der Waals surface area contributed by atoms with Gasteiger partial charge < -0.3 is 15.7 Å². The number of hydrogen-bond acceptors (Lipinski definition) is 3. The number of carbonyl (C=O) groups excluding carboxylic acids is 1. The zero-order valence-electron chi connectivity index (χ0n) is 11.6. The number of benzene rings is 2. The molecule has 0 aliphatic heterocycles. The van der Waals surface area contributed by atoms with Crippen LogP contribution in [-0.2, 0) is 11.2 Å². The summed E-state index contributed by atoms with van der Waals surface area (Å²) in [5.74, 6) is -1.16. The van der Waals surface area contributed by atoms with Gasteiger partial charge in [0.05, 0.1) is 23.4 Å². The van der Waals surface area contributed by atoms with Crippen LogP contribution in [0, 0.1) is 0 Å². The Morgan fingerprint density at radius 1 is 1.14 bits per heavy atom. The van der Waals surface area contributed by atoms with Gasteiger partial charge in [-0.1, -0.05) is 30.3 Å². The van der Waals surface area contributed by atoms with Crippen molar-refractivity contribution in [1.29, 1.82) is 0 Å². The summed E-state index contributed by atoms with van der Waals surface area (Å²) in [6, 6.07) is 13.7. The number of carboxylic acid groups (broad SMARTS) is 1. The molecule has 0 fully saturated rings. The van der Waals surface area contributed by atoms with Crippen molar-refractivity contribution < 1.29 is 14.7 Å². The molecule has 5 nitrogen and oxygen atoms in total. The Morgan fingerprint density at radius 2 is 1.81 bits per heavy atom. The van der Waals surface area contributed by atoms with E-state index < -0.39 is 5.97 Å². The molecule has 0 bridgehead atoms. The van der Waals surface area contributed by atoms with Crippen LogP contribution < -0.4 is 10.6 Å². The first kappa shape index (κ1) is 14.6. The van der Waals surface area contributed by atoms with E-state index >= 15 is 0 Å². The molecule has 0 aliphatic rings. The average Bonchev–Trinajstić information content (AvgIpc) is 2.47. The fraction of sp³-hybridized carbons (Fsp3) is 0.125. The Morgan fingerprint density at radius 3 is 2.38 bits per heavy atom. The maximum absolute atomic E-state index is 12.2. The maximum atomic E-state index is 12.2. The number of rotatable bonds is 4. The van der Waals surface area contributed by atoms with E-state index in [0.717, 1.165) is 5.56 Å². The molecule has 0 aliphatic carbocycles. The largest absolute Gasteiger partial charge is 0.478 e. The molecule has 0 unspecified atom stereocenters. The van der Waals surface area contributed by atoms with Gasteiger partial charge in [-0.15, -0.1) is 0 Å². The third-order valence-electron chi connectivity index (χ3n) is 3.21. The Labute approximate surface area is 122 Å². The molecule has 0 aromatic heterocycles. The SMILES string of the molecule is CN(C(=O)Cc1ccccc1)c1ccc(C(=O)O)cc1N. The molecule has 108 valence electrons. The molecule has 2 aromatic carbocycles. The van der Waals surface area contributed by atoms with E-state index in [-0.39, 0.29) is 23.6 Å². The normalized spacial score (nSPS) is 10.1. The lowest BCUT2D eigenvalue weighted by molar-refractivity contribution is -0.117. The second kappa shape index (κ2) is 6.09. The number of carboxylic acids is 1. The number of nitrogens with two attached hydrogens (primary N) is 1. The third kappa shape index (κ3) is 3.39. The predicted molar refractivity (Wildman–Crippen MR) is 81.4 cm³/mol. The van der Waals surface area contributed by atoms with Crippen LogP contribution in [-0.4, -0.2) is 24.0 Å². The van der Waals surface area contributed by atoms with E-state index in [1.165, 1.54) is 17.0 Å². The highest BCUT2D eigenvalue weighted by Gasteiger charge is 2.15. The maximum Gasteiger partial charge on any atom is 0.335 e. The number of nitrogens with zero attached hydrogens (tertiary/aromatic N) is 1. The molecule has 2 aromatic rings. The van der Waals surface area contributed by atoms with E-state index in [2.05, 4.69) is 0 Å².